The molecule has 2 heterocycles. The average Bonchev–Trinajstić information content (AvgIpc) is 3.17. The van der Waals surface area contributed by atoms with Gasteiger partial charge in [0, 0.05) is 12.4 Å². The van der Waals surface area contributed by atoms with Crippen LogP contribution in [0.1, 0.15) is 41.6 Å². The maximum atomic E-state index is 10.9. The van der Waals surface area contributed by atoms with E-state index in [9.17, 15) is 4.79 Å². The zero-order valence-electron chi connectivity index (χ0n) is 17.7. The van der Waals surface area contributed by atoms with Gasteiger partial charge >= 0.3 is 5.97 Å². The molecule has 1 unspecified atom stereocenters. The molecule has 0 aliphatic carbocycles. The first-order valence-corrected chi connectivity index (χ1v) is 10.3. The Balaban J connectivity index is 1.49. The molecule has 0 aliphatic rings. The lowest BCUT2D eigenvalue weighted by Crippen LogP contribution is -2.04. The van der Waals surface area contributed by atoms with Gasteiger partial charge in [-0.05, 0) is 59.2 Å². The van der Waals surface area contributed by atoms with Crippen LogP contribution in [0.2, 0.25) is 0 Å². The fraction of sp³-hybridized carbons (Fsp3) is 0.240. The van der Waals surface area contributed by atoms with Crippen molar-refractivity contribution in [2.24, 2.45) is 0 Å². The van der Waals surface area contributed by atoms with Gasteiger partial charge in [0.1, 0.15) is 18.7 Å². The Morgan fingerprint density at radius 2 is 1.94 bits per heavy atom. The maximum absolute atomic E-state index is 10.9. The summed E-state index contributed by atoms with van der Waals surface area (Å²) < 4.78 is 8.23. The van der Waals surface area contributed by atoms with Gasteiger partial charge in [-0.3, -0.25) is 4.79 Å². The number of rotatable bonds is 8. The zero-order valence-corrected chi connectivity index (χ0v) is 17.7. The van der Waals surface area contributed by atoms with E-state index in [2.05, 4.69) is 45.9 Å². The molecule has 158 valence electrons. The summed E-state index contributed by atoms with van der Waals surface area (Å²) in [6.45, 7) is 5.19. The van der Waals surface area contributed by atoms with Crippen molar-refractivity contribution in [3.05, 3.63) is 89.6 Å². The van der Waals surface area contributed by atoms with E-state index in [1.165, 1.54) is 16.5 Å². The Morgan fingerprint density at radius 3 is 2.65 bits per heavy atom. The summed E-state index contributed by atoms with van der Waals surface area (Å²) in [4.78, 5) is 19.2. The van der Waals surface area contributed by atoms with E-state index in [4.69, 9.17) is 9.84 Å². The molecule has 2 aromatic carbocycles. The molecule has 0 aliphatic heterocycles. The van der Waals surface area contributed by atoms with E-state index in [0.717, 1.165) is 22.6 Å². The molecule has 4 aromatic rings. The molecule has 0 fully saturated rings. The van der Waals surface area contributed by atoms with Gasteiger partial charge in [0.15, 0.2) is 0 Å². The van der Waals surface area contributed by atoms with E-state index in [-0.39, 0.29) is 12.3 Å². The van der Waals surface area contributed by atoms with Crippen molar-refractivity contribution < 1.29 is 14.6 Å². The normalized spacial score (nSPS) is 12.1. The van der Waals surface area contributed by atoms with Crippen molar-refractivity contribution in [3.63, 3.8) is 0 Å². The van der Waals surface area contributed by atoms with E-state index in [0.29, 0.717) is 13.2 Å². The third-order valence-corrected chi connectivity index (χ3v) is 5.60. The van der Waals surface area contributed by atoms with Crippen LogP contribution in [0.25, 0.3) is 10.9 Å². The summed E-state index contributed by atoms with van der Waals surface area (Å²) in [5, 5.41) is 10.2. The number of hydrogen-bond donors (Lipinski definition) is 1. The largest absolute Gasteiger partial charge is 0.489 e. The molecule has 0 radical (unpaired) electrons. The first kappa shape index (κ1) is 20.6. The van der Waals surface area contributed by atoms with Crippen LogP contribution < -0.4 is 4.74 Å². The van der Waals surface area contributed by atoms with Crippen LogP contribution in [-0.2, 0) is 17.9 Å². The number of fused-ring (bicyclic) bond motifs is 1. The van der Waals surface area contributed by atoms with Crippen LogP contribution >= 0.6 is 0 Å². The van der Waals surface area contributed by atoms with Crippen molar-refractivity contribution in [2.75, 3.05) is 0 Å². The molecule has 0 amide bonds. The molecule has 0 bridgehead atoms. The predicted octanol–water partition coefficient (Wildman–Crippen LogP) is 4.95. The lowest BCUT2D eigenvalue weighted by atomic mass is 9.98. The summed E-state index contributed by atoms with van der Waals surface area (Å²) in [6, 6.07) is 15.9. The second-order valence-corrected chi connectivity index (χ2v) is 7.79. The fourth-order valence-electron chi connectivity index (χ4n) is 3.83. The molecule has 4 rings (SSSR count). The molecule has 1 atom stereocenters. The summed E-state index contributed by atoms with van der Waals surface area (Å²) >= 11 is 0. The van der Waals surface area contributed by atoms with Crippen LogP contribution in [0, 0.1) is 6.92 Å². The molecule has 0 saturated carbocycles. The highest BCUT2D eigenvalue weighted by molar-refractivity contribution is 5.84. The van der Waals surface area contributed by atoms with Gasteiger partial charge in [0.25, 0.3) is 0 Å². The van der Waals surface area contributed by atoms with Crippen molar-refractivity contribution in [3.8, 4) is 5.75 Å². The van der Waals surface area contributed by atoms with Crippen LogP contribution in [0.15, 0.2) is 67.3 Å². The number of ether oxygens (including phenoxy) is 1. The Labute approximate surface area is 181 Å². The molecule has 6 heteroatoms. The van der Waals surface area contributed by atoms with Crippen molar-refractivity contribution in [1.29, 1.82) is 0 Å². The highest BCUT2D eigenvalue weighted by atomic mass is 16.5. The molecule has 6 nitrogen and oxygen atoms in total. The highest BCUT2D eigenvalue weighted by Crippen LogP contribution is 2.26. The van der Waals surface area contributed by atoms with Gasteiger partial charge in [0.2, 0.25) is 0 Å². The zero-order chi connectivity index (χ0) is 21.8. The van der Waals surface area contributed by atoms with Gasteiger partial charge in [-0.25, -0.2) is 9.97 Å². The molecule has 2 aromatic heterocycles. The van der Waals surface area contributed by atoms with Crippen LogP contribution in [-0.4, -0.2) is 25.6 Å². The molecule has 31 heavy (non-hydrogen) atoms. The predicted molar refractivity (Wildman–Crippen MR) is 119 cm³/mol. The number of aryl methyl sites for hydroxylation is 1. The number of aliphatic carboxylic acids is 1. The van der Waals surface area contributed by atoms with Crippen molar-refractivity contribution in [1.82, 2.24) is 14.5 Å². The number of aromatic nitrogens is 3. The van der Waals surface area contributed by atoms with Crippen LogP contribution in [0.3, 0.4) is 0 Å². The molecular formula is C25H25N3O3. The van der Waals surface area contributed by atoms with Crippen molar-refractivity contribution >= 4 is 16.9 Å². The molecular weight excluding hydrogens is 390 g/mol. The lowest BCUT2D eigenvalue weighted by Gasteiger charge is -2.14. The second-order valence-electron chi connectivity index (χ2n) is 7.79. The second kappa shape index (κ2) is 9.00. The van der Waals surface area contributed by atoms with Gasteiger partial charge in [-0.2, -0.15) is 0 Å². The smallest absolute Gasteiger partial charge is 0.303 e. The van der Waals surface area contributed by atoms with Crippen LogP contribution in [0.4, 0.5) is 0 Å². The lowest BCUT2D eigenvalue weighted by molar-refractivity contribution is -0.137. The third-order valence-electron chi connectivity index (χ3n) is 5.60. The summed E-state index contributed by atoms with van der Waals surface area (Å²) in [5.74, 6) is -0.0517. The first-order chi connectivity index (χ1) is 15.0. The minimum Gasteiger partial charge on any atom is -0.489 e. The minimum absolute atomic E-state index is 0.0288. The number of carbonyl (C=O) groups is 1. The third kappa shape index (κ3) is 4.74. The Morgan fingerprint density at radius 1 is 1.13 bits per heavy atom. The fourth-order valence-corrected chi connectivity index (χ4v) is 3.83. The van der Waals surface area contributed by atoms with E-state index in [1.807, 2.05) is 37.3 Å². The number of hydrogen-bond acceptors (Lipinski definition) is 4. The van der Waals surface area contributed by atoms with Gasteiger partial charge in [-0.15, -0.1) is 0 Å². The van der Waals surface area contributed by atoms with Gasteiger partial charge in [0.05, 0.1) is 24.2 Å². The monoisotopic (exact) mass is 415 g/mol. The van der Waals surface area contributed by atoms with Gasteiger partial charge in [-0.1, -0.05) is 31.2 Å². The summed E-state index contributed by atoms with van der Waals surface area (Å²) in [7, 11) is 0. The number of benzene rings is 2. The molecule has 0 spiro atoms. The topological polar surface area (TPSA) is 77.2 Å². The standard InChI is InChI=1S/C25H25N3O3/c1-17(13-24(29)30)19-5-7-23(8-6-19)31-15-21-4-3-20-10-12-28(25(20)18(21)2)14-22-9-11-26-16-27-22/h3-12,16-17H,13-15H2,1-2H3,(H,29,30). The Hall–Kier alpha value is -3.67. The quantitative estimate of drug-likeness (QED) is 0.441. The van der Waals surface area contributed by atoms with E-state index in [1.54, 1.807) is 12.5 Å². The first-order valence-electron chi connectivity index (χ1n) is 10.3. The minimum atomic E-state index is -0.789. The summed E-state index contributed by atoms with van der Waals surface area (Å²) in [5.41, 5.74) is 5.44. The number of nitrogens with zero attached hydrogens (tertiary/aromatic N) is 3. The molecule has 1 N–H and O–H groups in total. The highest BCUT2D eigenvalue weighted by Gasteiger charge is 2.12. The summed E-state index contributed by atoms with van der Waals surface area (Å²) in [6.07, 6.45) is 5.53. The Kier molecular flexibility index (Phi) is 5.98. The SMILES string of the molecule is Cc1c(COc2ccc(C(C)CC(=O)O)cc2)ccc2ccn(Cc3ccncn3)c12. The Bertz CT molecular complexity index is 1180. The van der Waals surface area contributed by atoms with Crippen molar-refractivity contribution in [2.45, 2.75) is 39.3 Å². The number of carboxylic acid groups (broad SMARTS) is 1. The average molecular weight is 415 g/mol. The molecule has 0 saturated heterocycles. The van der Waals surface area contributed by atoms with Gasteiger partial charge < -0.3 is 14.4 Å². The van der Waals surface area contributed by atoms with E-state index < -0.39 is 5.97 Å². The number of carboxylic acids is 1. The maximum Gasteiger partial charge on any atom is 0.303 e. The van der Waals surface area contributed by atoms with Crippen LogP contribution in [0.5, 0.6) is 5.75 Å². The van der Waals surface area contributed by atoms with E-state index >= 15 is 0 Å².